The molecule has 0 fully saturated rings. The molecule has 0 aliphatic carbocycles. The van der Waals surface area contributed by atoms with Crippen LogP contribution in [0.3, 0.4) is 0 Å². The first-order valence-corrected chi connectivity index (χ1v) is 7.91. The van der Waals surface area contributed by atoms with E-state index in [1.807, 2.05) is 0 Å². The van der Waals surface area contributed by atoms with Crippen molar-refractivity contribution in [1.82, 2.24) is 5.32 Å². The summed E-state index contributed by atoms with van der Waals surface area (Å²) in [5, 5.41) is 5.54. The molecule has 0 radical (unpaired) electrons. The summed E-state index contributed by atoms with van der Waals surface area (Å²) >= 11 is 0. The van der Waals surface area contributed by atoms with Crippen LogP contribution in [0.2, 0.25) is 0 Å². The number of amides is 2. The monoisotopic (exact) mass is 334 g/mol. The third-order valence-corrected chi connectivity index (χ3v) is 4.14. The van der Waals surface area contributed by atoms with Crippen LogP contribution in [0.1, 0.15) is 50.8 Å². The second-order valence-electron chi connectivity index (χ2n) is 5.70. The van der Waals surface area contributed by atoms with E-state index in [1.54, 1.807) is 27.7 Å². The van der Waals surface area contributed by atoms with E-state index >= 15 is 0 Å². The normalized spacial score (nSPS) is 10.6. The summed E-state index contributed by atoms with van der Waals surface area (Å²) in [5.41, 5.74) is 14.2. The van der Waals surface area contributed by atoms with E-state index in [2.05, 4.69) is 10.6 Å². The fourth-order valence-corrected chi connectivity index (χ4v) is 2.64. The van der Waals surface area contributed by atoms with Crippen LogP contribution in [0.4, 0.5) is 5.69 Å². The maximum absolute atomic E-state index is 12.7. The van der Waals surface area contributed by atoms with Gasteiger partial charge in [-0.2, -0.15) is 0 Å². The van der Waals surface area contributed by atoms with Crippen LogP contribution >= 0.6 is 0 Å². The summed E-state index contributed by atoms with van der Waals surface area (Å²) in [6.45, 7) is 7.37. The molecule has 0 aromatic heterocycles. The molecule has 1 aromatic carbocycles. The lowest BCUT2D eigenvalue weighted by Crippen LogP contribution is -2.45. The van der Waals surface area contributed by atoms with Gasteiger partial charge in [-0.05, 0) is 37.5 Å². The molecule has 24 heavy (non-hydrogen) atoms. The molecule has 132 valence electrons. The summed E-state index contributed by atoms with van der Waals surface area (Å²) < 4.78 is 0. The van der Waals surface area contributed by atoms with Gasteiger partial charge >= 0.3 is 0 Å². The zero-order chi connectivity index (χ0) is 18.4. The minimum absolute atomic E-state index is 0.185. The van der Waals surface area contributed by atoms with Crippen molar-refractivity contribution in [2.24, 2.45) is 11.5 Å². The van der Waals surface area contributed by atoms with Crippen molar-refractivity contribution >= 4 is 23.8 Å². The van der Waals surface area contributed by atoms with Crippen molar-refractivity contribution in [3.63, 3.8) is 0 Å². The molecular weight excluding hydrogens is 308 g/mol. The Morgan fingerprint density at radius 3 is 2.12 bits per heavy atom. The number of aldehydes is 1. The predicted molar refractivity (Wildman–Crippen MR) is 94.3 cm³/mol. The van der Waals surface area contributed by atoms with Gasteiger partial charge in [-0.1, -0.05) is 6.92 Å². The summed E-state index contributed by atoms with van der Waals surface area (Å²) in [6, 6.07) is -0.356. The zero-order valence-corrected chi connectivity index (χ0v) is 14.7. The Morgan fingerprint density at radius 2 is 1.67 bits per heavy atom. The molecule has 1 aromatic rings. The van der Waals surface area contributed by atoms with Crippen molar-refractivity contribution in [2.75, 3.05) is 18.4 Å². The highest BCUT2D eigenvalue weighted by Crippen LogP contribution is 2.30. The average molecular weight is 334 g/mol. The minimum Gasteiger partial charge on any atom is -0.347 e. The second-order valence-corrected chi connectivity index (χ2v) is 5.70. The third kappa shape index (κ3) is 3.98. The second kappa shape index (κ2) is 8.56. The SMILES string of the molecule is CCC(=O)Nc1c(C)c(C=O)c(C)c(C(=O)NC(CN)CN)c1C. The molecule has 0 aliphatic heterocycles. The van der Waals surface area contributed by atoms with Crippen molar-refractivity contribution < 1.29 is 14.4 Å². The van der Waals surface area contributed by atoms with Gasteiger partial charge in [0.15, 0.2) is 6.29 Å². The Morgan fingerprint density at radius 1 is 1.08 bits per heavy atom. The van der Waals surface area contributed by atoms with E-state index in [0.717, 1.165) is 0 Å². The average Bonchev–Trinajstić information content (AvgIpc) is 2.56. The first-order chi connectivity index (χ1) is 11.3. The quantitative estimate of drug-likeness (QED) is 0.548. The van der Waals surface area contributed by atoms with E-state index in [1.165, 1.54) is 0 Å². The highest BCUT2D eigenvalue weighted by Gasteiger charge is 2.23. The van der Waals surface area contributed by atoms with E-state index in [-0.39, 0.29) is 30.9 Å². The third-order valence-electron chi connectivity index (χ3n) is 4.14. The Balaban J connectivity index is 3.48. The molecule has 0 unspecified atom stereocenters. The fraction of sp³-hybridized carbons (Fsp3) is 0.471. The molecule has 6 N–H and O–H groups in total. The molecule has 7 heteroatoms. The van der Waals surface area contributed by atoms with Crippen LogP contribution in [0.25, 0.3) is 0 Å². The van der Waals surface area contributed by atoms with E-state index < -0.39 is 0 Å². The molecule has 7 nitrogen and oxygen atoms in total. The van der Waals surface area contributed by atoms with E-state index in [0.29, 0.717) is 46.2 Å². The van der Waals surface area contributed by atoms with Crippen LogP contribution in [-0.4, -0.2) is 37.2 Å². The molecule has 0 heterocycles. The lowest BCUT2D eigenvalue weighted by atomic mass is 9.91. The molecule has 1 rings (SSSR count). The predicted octanol–water partition coefficient (Wildman–Crippen LogP) is 0.789. The van der Waals surface area contributed by atoms with Gasteiger partial charge < -0.3 is 22.1 Å². The molecule has 0 bridgehead atoms. The highest BCUT2D eigenvalue weighted by molar-refractivity contribution is 6.04. The van der Waals surface area contributed by atoms with Gasteiger partial charge in [-0.3, -0.25) is 14.4 Å². The molecule has 0 spiro atoms. The Bertz CT molecular complexity index is 652. The first kappa shape index (κ1) is 19.8. The van der Waals surface area contributed by atoms with Crippen LogP contribution in [0.5, 0.6) is 0 Å². The van der Waals surface area contributed by atoms with Crippen molar-refractivity contribution in [3.8, 4) is 0 Å². The number of hydrogen-bond acceptors (Lipinski definition) is 5. The molecular formula is C17H26N4O3. The van der Waals surface area contributed by atoms with Gasteiger partial charge in [0.25, 0.3) is 5.91 Å². The van der Waals surface area contributed by atoms with E-state index in [4.69, 9.17) is 11.5 Å². The minimum atomic E-state index is -0.360. The van der Waals surface area contributed by atoms with Gasteiger partial charge in [0.1, 0.15) is 0 Å². The van der Waals surface area contributed by atoms with Crippen LogP contribution in [0, 0.1) is 20.8 Å². The Labute approximate surface area is 142 Å². The Kier molecular flexibility index (Phi) is 7.06. The number of rotatable bonds is 7. The van der Waals surface area contributed by atoms with Crippen molar-refractivity contribution in [2.45, 2.75) is 40.2 Å². The molecule has 0 saturated carbocycles. The number of hydrogen-bond donors (Lipinski definition) is 4. The van der Waals surface area contributed by atoms with Crippen molar-refractivity contribution in [3.05, 3.63) is 27.8 Å². The standard InChI is InChI=1S/C17H26N4O3/c1-5-14(23)21-16-10(3)13(8-22)9(2)15(11(16)4)17(24)20-12(6-18)7-19/h8,12H,5-7,18-19H2,1-4H3,(H,20,24)(H,21,23). The van der Waals surface area contributed by atoms with Crippen LogP contribution in [0.15, 0.2) is 0 Å². The lowest BCUT2D eigenvalue weighted by molar-refractivity contribution is -0.115. The summed E-state index contributed by atoms with van der Waals surface area (Å²) in [5.74, 6) is -0.545. The van der Waals surface area contributed by atoms with Gasteiger partial charge in [-0.25, -0.2) is 0 Å². The van der Waals surface area contributed by atoms with Gasteiger partial charge in [0.05, 0.1) is 6.04 Å². The fourth-order valence-electron chi connectivity index (χ4n) is 2.64. The zero-order valence-electron chi connectivity index (χ0n) is 14.7. The summed E-state index contributed by atoms with van der Waals surface area (Å²) in [4.78, 5) is 35.9. The van der Waals surface area contributed by atoms with Crippen molar-refractivity contribution in [1.29, 1.82) is 0 Å². The number of nitrogens with one attached hydrogen (secondary N) is 2. The Hall–Kier alpha value is -2.25. The molecule has 0 aliphatic rings. The molecule has 0 saturated heterocycles. The van der Waals surface area contributed by atoms with E-state index in [9.17, 15) is 14.4 Å². The van der Waals surface area contributed by atoms with Crippen LogP contribution < -0.4 is 22.1 Å². The molecule has 0 atom stereocenters. The number of carbonyl (C=O) groups is 3. The number of carbonyl (C=O) groups excluding carboxylic acids is 3. The van der Waals surface area contributed by atoms with Gasteiger partial charge in [0, 0.05) is 36.3 Å². The highest BCUT2D eigenvalue weighted by atomic mass is 16.2. The lowest BCUT2D eigenvalue weighted by Gasteiger charge is -2.22. The smallest absolute Gasteiger partial charge is 0.252 e. The number of nitrogens with two attached hydrogens (primary N) is 2. The van der Waals surface area contributed by atoms with Gasteiger partial charge in [0.2, 0.25) is 5.91 Å². The molecule has 2 amide bonds. The number of benzene rings is 1. The largest absolute Gasteiger partial charge is 0.347 e. The summed E-state index contributed by atoms with van der Waals surface area (Å²) in [7, 11) is 0. The maximum Gasteiger partial charge on any atom is 0.252 e. The number of anilines is 1. The van der Waals surface area contributed by atoms with Crippen LogP contribution in [-0.2, 0) is 4.79 Å². The topological polar surface area (TPSA) is 127 Å². The van der Waals surface area contributed by atoms with Gasteiger partial charge in [-0.15, -0.1) is 0 Å². The summed E-state index contributed by atoms with van der Waals surface area (Å²) in [6.07, 6.45) is 0.999. The maximum atomic E-state index is 12.7. The first-order valence-electron chi connectivity index (χ1n) is 7.91.